The zero-order valence-corrected chi connectivity index (χ0v) is 11.5. The lowest BCUT2D eigenvalue weighted by Gasteiger charge is -2.25. The maximum absolute atomic E-state index is 12.5. The highest BCUT2D eigenvalue weighted by atomic mass is 32.1. The van der Waals surface area contributed by atoms with E-state index < -0.39 is 5.41 Å². The summed E-state index contributed by atoms with van der Waals surface area (Å²) in [5.74, 6) is 0.0543. The van der Waals surface area contributed by atoms with Crippen LogP contribution in [-0.4, -0.2) is 5.91 Å². The molecule has 1 N–H and O–H groups in total. The first-order chi connectivity index (χ1) is 8.66. The summed E-state index contributed by atoms with van der Waals surface area (Å²) >= 11 is 1.63. The van der Waals surface area contributed by atoms with Gasteiger partial charge in [0.25, 0.3) is 0 Å². The molecule has 1 aromatic heterocycles. The van der Waals surface area contributed by atoms with Crippen LogP contribution in [0.2, 0.25) is 0 Å². The van der Waals surface area contributed by atoms with Gasteiger partial charge in [-0.15, -0.1) is 11.3 Å². The molecule has 0 spiro atoms. The molecule has 2 aromatic rings. The zero-order valence-electron chi connectivity index (χ0n) is 10.6. The van der Waals surface area contributed by atoms with Crippen LogP contribution < -0.4 is 5.32 Å². The van der Waals surface area contributed by atoms with E-state index in [9.17, 15) is 4.79 Å². The fourth-order valence-corrected chi connectivity index (χ4v) is 2.79. The Bertz CT molecular complexity index is 507. The van der Waals surface area contributed by atoms with E-state index in [4.69, 9.17) is 0 Å². The Kier molecular flexibility index (Phi) is 3.82. The molecule has 1 aromatic carbocycles. The summed E-state index contributed by atoms with van der Waals surface area (Å²) in [6.07, 6.45) is 0.784. The van der Waals surface area contributed by atoms with Gasteiger partial charge in [-0.05, 0) is 36.9 Å². The Morgan fingerprint density at radius 3 is 2.50 bits per heavy atom. The number of benzene rings is 1. The van der Waals surface area contributed by atoms with Crippen molar-refractivity contribution in [2.75, 3.05) is 5.32 Å². The molecule has 0 aliphatic rings. The first-order valence-corrected chi connectivity index (χ1v) is 6.95. The number of nitrogens with one attached hydrogen (secondary N) is 1. The van der Waals surface area contributed by atoms with Crippen LogP contribution in [0.25, 0.3) is 0 Å². The molecule has 0 aliphatic carbocycles. The highest BCUT2D eigenvalue weighted by Gasteiger charge is 2.34. The van der Waals surface area contributed by atoms with Gasteiger partial charge in [0.15, 0.2) is 0 Å². The number of carbonyl (C=O) groups is 1. The van der Waals surface area contributed by atoms with Gasteiger partial charge in [0.2, 0.25) is 5.91 Å². The molecule has 0 fully saturated rings. The predicted octanol–water partition coefficient (Wildman–Crippen LogP) is 4.05. The van der Waals surface area contributed by atoms with E-state index in [-0.39, 0.29) is 5.91 Å². The average Bonchev–Trinajstić information content (AvgIpc) is 2.93. The van der Waals surface area contributed by atoms with Crippen molar-refractivity contribution in [3.05, 3.63) is 52.7 Å². The van der Waals surface area contributed by atoms with Gasteiger partial charge >= 0.3 is 0 Å². The van der Waals surface area contributed by atoms with Crippen molar-refractivity contribution in [3.8, 4) is 0 Å². The second-order valence-electron chi connectivity index (χ2n) is 4.48. The van der Waals surface area contributed by atoms with Gasteiger partial charge in [-0.2, -0.15) is 0 Å². The summed E-state index contributed by atoms with van der Waals surface area (Å²) in [5.41, 5.74) is 0.392. The van der Waals surface area contributed by atoms with Crippen molar-refractivity contribution < 1.29 is 4.79 Å². The van der Waals surface area contributed by atoms with Crippen molar-refractivity contribution >= 4 is 22.9 Å². The monoisotopic (exact) mass is 259 g/mol. The summed E-state index contributed by atoms with van der Waals surface area (Å²) in [7, 11) is 0. The zero-order chi connectivity index (χ0) is 13.0. The minimum atomic E-state index is -0.454. The number of para-hydroxylation sites is 1. The SMILES string of the molecule is CCC(C)(C(=O)Nc1ccccc1)c1cccs1. The molecule has 1 atom stereocenters. The Hall–Kier alpha value is -1.61. The van der Waals surface area contributed by atoms with Gasteiger partial charge < -0.3 is 5.32 Å². The van der Waals surface area contributed by atoms with Gasteiger partial charge in [-0.3, -0.25) is 4.79 Å². The molecule has 3 heteroatoms. The van der Waals surface area contributed by atoms with Crippen LogP contribution in [0.4, 0.5) is 5.69 Å². The van der Waals surface area contributed by atoms with Crippen molar-refractivity contribution in [1.82, 2.24) is 0 Å². The summed E-state index contributed by atoms with van der Waals surface area (Å²) in [6, 6.07) is 13.6. The maximum atomic E-state index is 12.5. The molecule has 0 radical (unpaired) electrons. The number of amides is 1. The minimum Gasteiger partial charge on any atom is -0.325 e. The summed E-state index contributed by atoms with van der Waals surface area (Å²) < 4.78 is 0. The van der Waals surface area contributed by atoms with Crippen LogP contribution in [0.1, 0.15) is 25.1 Å². The Balaban J connectivity index is 2.21. The van der Waals surface area contributed by atoms with Crippen LogP contribution in [-0.2, 0) is 10.2 Å². The molecule has 2 nitrogen and oxygen atoms in total. The van der Waals surface area contributed by atoms with Gasteiger partial charge in [0.1, 0.15) is 0 Å². The lowest BCUT2D eigenvalue weighted by atomic mass is 9.84. The highest BCUT2D eigenvalue weighted by Crippen LogP contribution is 2.32. The smallest absolute Gasteiger partial charge is 0.235 e. The van der Waals surface area contributed by atoms with Gasteiger partial charge in [-0.25, -0.2) is 0 Å². The fraction of sp³-hybridized carbons (Fsp3) is 0.267. The van der Waals surface area contributed by atoms with E-state index in [1.165, 1.54) is 0 Å². The molecule has 0 bridgehead atoms. The van der Waals surface area contributed by atoms with E-state index in [1.807, 2.05) is 61.7 Å². The van der Waals surface area contributed by atoms with E-state index in [2.05, 4.69) is 5.32 Å². The summed E-state index contributed by atoms with van der Waals surface area (Å²) in [5, 5.41) is 5.00. The highest BCUT2D eigenvalue weighted by molar-refractivity contribution is 7.10. The lowest BCUT2D eigenvalue weighted by molar-refractivity contribution is -0.121. The number of anilines is 1. The van der Waals surface area contributed by atoms with Crippen molar-refractivity contribution in [2.45, 2.75) is 25.7 Å². The average molecular weight is 259 g/mol. The van der Waals surface area contributed by atoms with Crippen LogP contribution in [0.15, 0.2) is 47.8 Å². The molecule has 1 unspecified atom stereocenters. The van der Waals surface area contributed by atoms with Crippen molar-refractivity contribution in [1.29, 1.82) is 0 Å². The minimum absolute atomic E-state index is 0.0543. The third kappa shape index (κ3) is 2.46. The fourth-order valence-electron chi connectivity index (χ4n) is 1.83. The largest absolute Gasteiger partial charge is 0.325 e. The number of thiophene rings is 1. The summed E-state index contributed by atoms with van der Waals surface area (Å²) in [6.45, 7) is 4.04. The first-order valence-electron chi connectivity index (χ1n) is 6.07. The van der Waals surface area contributed by atoms with Crippen LogP contribution >= 0.6 is 11.3 Å². The quantitative estimate of drug-likeness (QED) is 0.881. The molecule has 0 saturated heterocycles. The number of rotatable bonds is 4. The van der Waals surface area contributed by atoms with E-state index in [0.717, 1.165) is 17.0 Å². The number of carbonyl (C=O) groups excluding carboxylic acids is 1. The Morgan fingerprint density at radius 2 is 1.94 bits per heavy atom. The van der Waals surface area contributed by atoms with Gasteiger partial charge in [-0.1, -0.05) is 31.2 Å². The Labute approximate surface area is 112 Å². The molecule has 2 rings (SSSR count). The van der Waals surface area contributed by atoms with Crippen LogP contribution in [0, 0.1) is 0 Å². The molecule has 94 valence electrons. The van der Waals surface area contributed by atoms with E-state index >= 15 is 0 Å². The molecular weight excluding hydrogens is 242 g/mol. The molecule has 0 aliphatic heterocycles. The molecule has 18 heavy (non-hydrogen) atoms. The molecule has 1 heterocycles. The summed E-state index contributed by atoms with van der Waals surface area (Å²) in [4.78, 5) is 13.6. The molecule has 0 saturated carbocycles. The second-order valence-corrected chi connectivity index (χ2v) is 5.43. The standard InChI is InChI=1S/C15H17NOS/c1-3-15(2,13-10-7-11-18-13)14(17)16-12-8-5-4-6-9-12/h4-11H,3H2,1-2H3,(H,16,17). The van der Waals surface area contributed by atoms with Crippen molar-refractivity contribution in [2.24, 2.45) is 0 Å². The van der Waals surface area contributed by atoms with Gasteiger partial charge in [0.05, 0.1) is 5.41 Å². The predicted molar refractivity (Wildman–Crippen MR) is 77.0 cm³/mol. The lowest BCUT2D eigenvalue weighted by Crippen LogP contribution is -2.36. The number of hydrogen-bond acceptors (Lipinski definition) is 2. The topological polar surface area (TPSA) is 29.1 Å². The third-order valence-corrected chi connectivity index (χ3v) is 4.44. The third-order valence-electron chi connectivity index (χ3n) is 3.30. The normalized spacial score (nSPS) is 13.9. The van der Waals surface area contributed by atoms with E-state index in [0.29, 0.717) is 0 Å². The number of hydrogen-bond donors (Lipinski definition) is 1. The maximum Gasteiger partial charge on any atom is 0.235 e. The molecule has 1 amide bonds. The first kappa shape index (κ1) is 12.8. The van der Waals surface area contributed by atoms with Crippen molar-refractivity contribution in [3.63, 3.8) is 0 Å². The van der Waals surface area contributed by atoms with E-state index in [1.54, 1.807) is 11.3 Å². The molecular formula is C15H17NOS. The van der Waals surface area contributed by atoms with Crippen LogP contribution in [0.3, 0.4) is 0 Å². The van der Waals surface area contributed by atoms with Gasteiger partial charge in [0, 0.05) is 10.6 Å². The second kappa shape index (κ2) is 5.36. The Morgan fingerprint density at radius 1 is 1.22 bits per heavy atom. The van der Waals surface area contributed by atoms with Crippen LogP contribution in [0.5, 0.6) is 0 Å².